The molecular formula is C11H10F3NO2. The van der Waals surface area contributed by atoms with Crippen LogP contribution in [0, 0.1) is 0 Å². The van der Waals surface area contributed by atoms with Crippen molar-refractivity contribution in [3.05, 3.63) is 29.8 Å². The van der Waals surface area contributed by atoms with E-state index in [4.69, 9.17) is 5.73 Å². The van der Waals surface area contributed by atoms with Gasteiger partial charge in [0.05, 0.1) is 11.1 Å². The Hall–Kier alpha value is -1.56. The first kappa shape index (κ1) is 11.9. The molecular weight excluding hydrogens is 235 g/mol. The largest absolute Gasteiger partial charge is 0.573 e. The van der Waals surface area contributed by atoms with Crippen LogP contribution in [0.15, 0.2) is 24.3 Å². The predicted molar refractivity (Wildman–Crippen MR) is 53.6 cm³/mol. The van der Waals surface area contributed by atoms with E-state index in [0.717, 1.165) is 6.07 Å². The van der Waals surface area contributed by atoms with Crippen LogP contribution in [0.1, 0.15) is 23.2 Å². The van der Waals surface area contributed by atoms with Crippen LogP contribution < -0.4 is 10.5 Å². The van der Waals surface area contributed by atoms with E-state index < -0.39 is 23.4 Å². The Balaban J connectivity index is 2.31. The molecule has 0 aromatic heterocycles. The second-order valence-corrected chi connectivity index (χ2v) is 4.03. The van der Waals surface area contributed by atoms with E-state index in [2.05, 4.69) is 4.74 Å². The summed E-state index contributed by atoms with van der Waals surface area (Å²) in [6, 6.07) is 5.24. The fourth-order valence-corrected chi connectivity index (χ4v) is 1.50. The summed E-state index contributed by atoms with van der Waals surface area (Å²) in [4.78, 5) is 11.9. The topological polar surface area (TPSA) is 52.3 Å². The van der Waals surface area contributed by atoms with Gasteiger partial charge in [-0.3, -0.25) is 4.79 Å². The lowest BCUT2D eigenvalue weighted by atomic mass is 10.0. The monoisotopic (exact) mass is 245 g/mol. The van der Waals surface area contributed by atoms with E-state index >= 15 is 0 Å². The Morgan fingerprint density at radius 2 is 1.88 bits per heavy atom. The molecule has 6 heteroatoms. The third kappa shape index (κ3) is 2.58. The van der Waals surface area contributed by atoms with Crippen molar-refractivity contribution in [2.75, 3.05) is 0 Å². The molecule has 0 unspecified atom stereocenters. The molecule has 2 N–H and O–H groups in total. The quantitative estimate of drug-likeness (QED) is 0.831. The third-order valence-corrected chi connectivity index (χ3v) is 2.60. The van der Waals surface area contributed by atoms with Crippen molar-refractivity contribution in [3.8, 4) is 5.75 Å². The van der Waals surface area contributed by atoms with Gasteiger partial charge in [-0.15, -0.1) is 13.2 Å². The maximum absolute atomic E-state index is 12.1. The molecule has 0 radical (unpaired) electrons. The Morgan fingerprint density at radius 1 is 1.29 bits per heavy atom. The summed E-state index contributed by atoms with van der Waals surface area (Å²) in [5.74, 6) is -1.00. The number of carbonyl (C=O) groups is 1. The number of alkyl halides is 3. The average Bonchev–Trinajstić information content (AvgIpc) is 2.95. The van der Waals surface area contributed by atoms with E-state index in [1.54, 1.807) is 0 Å². The molecule has 0 heterocycles. The average molecular weight is 245 g/mol. The summed E-state index contributed by atoms with van der Waals surface area (Å²) in [5, 5.41) is 0. The number of halogens is 3. The molecule has 0 saturated heterocycles. The molecule has 92 valence electrons. The zero-order valence-electron chi connectivity index (χ0n) is 8.75. The highest BCUT2D eigenvalue weighted by Crippen LogP contribution is 2.38. The number of para-hydroxylation sites is 1. The van der Waals surface area contributed by atoms with Gasteiger partial charge >= 0.3 is 6.36 Å². The summed E-state index contributed by atoms with van der Waals surface area (Å²) in [6.45, 7) is 0. The number of hydrogen-bond donors (Lipinski definition) is 1. The molecule has 3 nitrogen and oxygen atoms in total. The molecule has 0 spiro atoms. The molecule has 0 amide bonds. The van der Waals surface area contributed by atoms with Gasteiger partial charge in [0.1, 0.15) is 5.75 Å². The molecule has 0 aliphatic heterocycles. The maximum Gasteiger partial charge on any atom is 0.573 e. The van der Waals surface area contributed by atoms with Gasteiger partial charge in [-0.1, -0.05) is 12.1 Å². The van der Waals surface area contributed by atoms with Gasteiger partial charge in [0.2, 0.25) is 0 Å². The minimum Gasteiger partial charge on any atom is -0.405 e. The van der Waals surface area contributed by atoms with Crippen LogP contribution >= 0.6 is 0 Å². The molecule has 1 aromatic rings. The second-order valence-electron chi connectivity index (χ2n) is 4.03. The van der Waals surface area contributed by atoms with Gasteiger partial charge in [-0.05, 0) is 25.0 Å². The number of nitrogens with two attached hydrogens (primary N) is 1. The molecule has 0 bridgehead atoms. The summed E-state index contributed by atoms with van der Waals surface area (Å²) >= 11 is 0. The van der Waals surface area contributed by atoms with Crippen LogP contribution in [0.2, 0.25) is 0 Å². The van der Waals surface area contributed by atoms with Gasteiger partial charge in [0.25, 0.3) is 0 Å². The first-order chi connectivity index (χ1) is 7.82. The van der Waals surface area contributed by atoms with Gasteiger partial charge < -0.3 is 10.5 Å². The highest BCUT2D eigenvalue weighted by Gasteiger charge is 2.47. The summed E-state index contributed by atoms with van der Waals surface area (Å²) < 4.78 is 40.2. The molecule has 2 rings (SSSR count). The highest BCUT2D eigenvalue weighted by molar-refractivity contribution is 6.07. The lowest BCUT2D eigenvalue weighted by molar-refractivity contribution is -0.274. The normalized spacial score (nSPS) is 17.6. The van der Waals surface area contributed by atoms with Crippen molar-refractivity contribution in [1.82, 2.24) is 0 Å². The van der Waals surface area contributed by atoms with Crippen molar-refractivity contribution in [2.24, 2.45) is 5.73 Å². The van der Waals surface area contributed by atoms with Gasteiger partial charge in [-0.2, -0.15) is 0 Å². The molecule has 1 aromatic carbocycles. The number of Topliss-reactive ketones (excluding diaryl/α,β-unsaturated/α-hetero) is 1. The van der Waals surface area contributed by atoms with E-state index in [-0.39, 0.29) is 5.56 Å². The van der Waals surface area contributed by atoms with Gasteiger partial charge in [0, 0.05) is 0 Å². The van der Waals surface area contributed by atoms with Crippen LogP contribution in [-0.2, 0) is 0 Å². The number of ether oxygens (including phenoxy) is 1. The Morgan fingerprint density at radius 3 is 2.41 bits per heavy atom. The third-order valence-electron chi connectivity index (χ3n) is 2.60. The van der Waals surface area contributed by atoms with Crippen molar-refractivity contribution in [2.45, 2.75) is 24.7 Å². The SMILES string of the molecule is NC1(C(=O)c2ccccc2OC(F)(F)F)CC1. The van der Waals surface area contributed by atoms with Gasteiger partial charge in [0.15, 0.2) is 5.78 Å². The first-order valence-electron chi connectivity index (χ1n) is 5.00. The minimum absolute atomic E-state index is 0.121. The number of rotatable bonds is 3. The van der Waals surface area contributed by atoms with Crippen LogP contribution in [0.3, 0.4) is 0 Å². The smallest absolute Gasteiger partial charge is 0.405 e. The summed E-state index contributed by atoms with van der Waals surface area (Å²) in [6.07, 6.45) is -3.83. The summed E-state index contributed by atoms with van der Waals surface area (Å²) in [7, 11) is 0. The fraction of sp³-hybridized carbons (Fsp3) is 0.364. The molecule has 1 fully saturated rings. The van der Waals surface area contributed by atoms with Crippen LogP contribution in [0.5, 0.6) is 5.75 Å². The van der Waals surface area contributed by atoms with E-state index in [9.17, 15) is 18.0 Å². The lowest BCUT2D eigenvalue weighted by Crippen LogP contribution is -2.33. The second kappa shape index (κ2) is 3.73. The standard InChI is InChI=1S/C11H10F3NO2/c12-11(13,14)17-8-4-2-1-3-7(8)9(16)10(15)5-6-10/h1-4H,5-6,15H2. The molecule has 1 aliphatic carbocycles. The molecule has 1 saturated carbocycles. The zero-order valence-corrected chi connectivity index (χ0v) is 8.75. The number of ketones is 1. The van der Waals surface area contributed by atoms with Gasteiger partial charge in [-0.25, -0.2) is 0 Å². The van der Waals surface area contributed by atoms with Crippen molar-refractivity contribution in [3.63, 3.8) is 0 Å². The minimum atomic E-state index is -4.82. The van der Waals surface area contributed by atoms with Crippen LogP contribution in [0.25, 0.3) is 0 Å². The maximum atomic E-state index is 12.1. The number of benzene rings is 1. The van der Waals surface area contributed by atoms with Crippen molar-refractivity contribution >= 4 is 5.78 Å². The lowest BCUT2D eigenvalue weighted by Gasteiger charge is -2.14. The predicted octanol–water partition coefficient (Wildman–Crippen LogP) is 2.26. The highest BCUT2D eigenvalue weighted by atomic mass is 19.4. The number of hydrogen-bond acceptors (Lipinski definition) is 3. The Kier molecular flexibility index (Phi) is 2.61. The van der Waals surface area contributed by atoms with Crippen molar-refractivity contribution < 1.29 is 22.7 Å². The Labute approximate surface area is 95.4 Å². The van der Waals surface area contributed by atoms with Crippen LogP contribution in [-0.4, -0.2) is 17.7 Å². The number of carbonyl (C=O) groups excluding carboxylic acids is 1. The Bertz CT molecular complexity index is 452. The van der Waals surface area contributed by atoms with E-state index in [1.807, 2.05) is 0 Å². The van der Waals surface area contributed by atoms with Crippen LogP contribution in [0.4, 0.5) is 13.2 Å². The first-order valence-corrected chi connectivity index (χ1v) is 5.00. The van der Waals surface area contributed by atoms with E-state index in [0.29, 0.717) is 12.8 Å². The summed E-state index contributed by atoms with van der Waals surface area (Å²) in [5.41, 5.74) is 4.54. The fourth-order valence-electron chi connectivity index (χ4n) is 1.50. The van der Waals surface area contributed by atoms with Crippen molar-refractivity contribution in [1.29, 1.82) is 0 Å². The zero-order chi connectivity index (χ0) is 12.7. The molecule has 1 aliphatic rings. The van der Waals surface area contributed by atoms with E-state index in [1.165, 1.54) is 18.2 Å². The molecule has 17 heavy (non-hydrogen) atoms. The molecule has 0 atom stereocenters.